The molecule has 9 heteroatoms. The summed E-state index contributed by atoms with van der Waals surface area (Å²) in [5.74, 6) is -1.59. The van der Waals surface area contributed by atoms with Crippen molar-refractivity contribution < 1.29 is 43.2 Å². The second-order valence-corrected chi connectivity index (χ2v) is 9.28. The third kappa shape index (κ3) is 8.94. The molecule has 0 amide bonds. The van der Waals surface area contributed by atoms with Gasteiger partial charge in [0.2, 0.25) is 0 Å². The van der Waals surface area contributed by atoms with E-state index in [9.17, 15) is 19.5 Å². The first kappa shape index (κ1) is 29.9. The van der Waals surface area contributed by atoms with Gasteiger partial charge >= 0.3 is 17.9 Å². The van der Waals surface area contributed by atoms with Gasteiger partial charge in [-0.05, 0) is 62.3 Å². The average molecular weight is 541 g/mol. The van der Waals surface area contributed by atoms with Crippen LogP contribution in [0.2, 0.25) is 0 Å². The standard InChI is InChI=1S/C30H36O9/c1-4-17-36-29(34)26-25(27(31)32)38-30(39-26)23-11-9-21(10-12-23)22-13-15-24(16-14-22)35-18-7-5-6-8-19-37-28(33)20(2)3/h9-16,25-26,30H,2,4-8,17-19H2,1,3H3,(H,31,32)/t25-,26-,30?/m1/s1. The summed E-state index contributed by atoms with van der Waals surface area (Å²) >= 11 is 0. The summed E-state index contributed by atoms with van der Waals surface area (Å²) in [7, 11) is 0. The zero-order valence-electron chi connectivity index (χ0n) is 22.4. The van der Waals surface area contributed by atoms with Gasteiger partial charge in [0.1, 0.15) is 5.75 Å². The summed E-state index contributed by atoms with van der Waals surface area (Å²) < 4.78 is 27.1. The number of unbranched alkanes of at least 4 members (excludes halogenated alkanes) is 3. The number of carboxylic acid groups (broad SMARTS) is 1. The van der Waals surface area contributed by atoms with Gasteiger partial charge < -0.3 is 28.8 Å². The molecule has 210 valence electrons. The molecular formula is C30H36O9. The highest BCUT2D eigenvalue weighted by atomic mass is 16.7. The third-order valence-corrected chi connectivity index (χ3v) is 6.00. The van der Waals surface area contributed by atoms with Crippen LogP contribution in [-0.2, 0) is 33.3 Å². The fraction of sp³-hybridized carbons (Fsp3) is 0.433. The lowest BCUT2D eigenvalue weighted by Crippen LogP contribution is -2.38. The molecule has 1 unspecified atom stereocenters. The van der Waals surface area contributed by atoms with Gasteiger partial charge in [-0.1, -0.05) is 49.9 Å². The van der Waals surface area contributed by atoms with E-state index < -0.39 is 30.4 Å². The quantitative estimate of drug-likeness (QED) is 0.184. The van der Waals surface area contributed by atoms with E-state index in [1.807, 2.05) is 43.3 Å². The van der Waals surface area contributed by atoms with Crippen molar-refractivity contribution in [2.24, 2.45) is 0 Å². The Bertz CT molecular complexity index is 1110. The van der Waals surface area contributed by atoms with E-state index >= 15 is 0 Å². The van der Waals surface area contributed by atoms with Crippen molar-refractivity contribution in [3.8, 4) is 16.9 Å². The zero-order valence-corrected chi connectivity index (χ0v) is 22.4. The van der Waals surface area contributed by atoms with Crippen LogP contribution in [0, 0.1) is 0 Å². The molecule has 1 aliphatic rings. The summed E-state index contributed by atoms with van der Waals surface area (Å²) in [6, 6.07) is 15.1. The molecule has 1 fully saturated rings. The highest BCUT2D eigenvalue weighted by Crippen LogP contribution is 2.33. The molecule has 3 rings (SSSR count). The van der Waals surface area contributed by atoms with Crippen molar-refractivity contribution in [3.05, 3.63) is 66.2 Å². The van der Waals surface area contributed by atoms with E-state index in [-0.39, 0.29) is 12.6 Å². The number of esters is 2. The van der Waals surface area contributed by atoms with Crippen molar-refractivity contribution in [2.45, 2.75) is 64.4 Å². The molecule has 2 aromatic rings. The predicted octanol–water partition coefficient (Wildman–Crippen LogP) is 5.23. The van der Waals surface area contributed by atoms with E-state index in [4.69, 9.17) is 23.7 Å². The number of ether oxygens (including phenoxy) is 5. The van der Waals surface area contributed by atoms with Crippen LogP contribution in [0.3, 0.4) is 0 Å². The molecule has 0 spiro atoms. The van der Waals surface area contributed by atoms with Crippen LogP contribution in [0.5, 0.6) is 5.75 Å². The smallest absolute Gasteiger partial charge is 0.338 e. The Morgan fingerprint density at radius 3 is 2.00 bits per heavy atom. The van der Waals surface area contributed by atoms with E-state index in [2.05, 4.69) is 6.58 Å². The summed E-state index contributed by atoms with van der Waals surface area (Å²) in [4.78, 5) is 35.1. The van der Waals surface area contributed by atoms with Gasteiger partial charge in [0, 0.05) is 11.1 Å². The number of hydrogen-bond acceptors (Lipinski definition) is 8. The highest BCUT2D eigenvalue weighted by Gasteiger charge is 2.46. The van der Waals surface area contributed by atoms with Gasteiger partial charge in [-0.15, -0.1) is 0 Å². The van der Waals surface area contributed by atoms with Crippen molar-refractivity contribution in [2.75, 3.05) is 19.8 Å². The summed E-state index contributed by atoms with van der Waals surface area (Å²) in [5, 5.41) is 9.44. The van der Waals surface area contributed by atoms with E-state index in [1.165, 1.54) is 0 Å². The van der Waals surface area contributed by atoms with Crippen molar-refractivity contribution in [3.63, 3.8) is 0 Å². The summed E-state index contributed by atoms with van der Waals surface area (Å²) in [6.45, 7) is 8.23. The van der Waals surface area contributed by atoms with Crippen LogP contribution in [-0.4, -0.2) is 55.0 Å². The molecule has 1 aliphatic heterocycles. The molecule has 0 saturated carbocycles. The lowest BCUT2D eigenvalue weighted by Gasteiger charge is -2.12. The topological polar surface area (TPSA) is 118 Å². The predicted molar refractivity (Wildman–Crippen MR) is 143 cm³/mol. The maximum Gasteiger partial charge on any atom is 0.338 e. The Labute approximate surface area is 228 Å². The Hall–Kier alpha value is -3.69. The van der Waals surface area contributed by atoms with Gasteiger partial charge in [-0.25, -0.2) is 14.4 Å². The van der Waals surface area contributed by atoms with Crippen LogP contribution < -0.4 is 4.74 Å². The number of hydrogen-bond donors (Lipinski definition) is 1. The minimum Gasteiger partial charge on any atom is -0.494 e. The molecule has 9 nitrogen and oxygen atoms in total. The number of carbonyl (C=O) groups excluding carboxylic acids is 2. The number of rotatable bonds is 15. The minimum atomic E-state index is -1.43. The first-order valence-electron chi connectivity index (χ1n) is 13.2. The molecule has 0 radical (unpaired) electrons. The van der Waals surface area contributed by atoms with Crippen LogP contribution >= 0.6 is 0 Å². The van der Waals surface area contributed by atoms with Crippen LogP contribution in [0.25, 0.3) is 11.1 Å². The Morgan fingerprint density at radius 1 is 0.821 bits per heavy atom. The van der Waals surface area contributed by atoms with Crippen LogP contribution in [0.15, 0.2) is 60.7 Å². The largest absolute Gasteiger partial charge is 0.494 e. The van der Waals surface area contributed by atoms with Crippen LogP contribution in [0.1, 0.15) is 57.8 Å². The van der Waals surface area contributed by atoms with Crippen LogP contribution in [0.4, 0.5) is 0 Å². The van der Waals surface area contributed by atoms with Gasteiger partial charge in [-0.3, -0.25) is 0 Å². The average Bonchev–Trinajstić information content (AvgIpc) is 3.39. The molecule has 1 N–H and O–H groups in total. The Morgan fingerprint density at radius 2 is 1.41 bits per heavy atom. The van der Waals surface area contributed by atoms with Gasteiger partial charge in [0.25, 0.3) is 0 Å². The molecule has 0 aliphatic carbocycles. The number of aliphatic carboxylic acids is 1. The molecule has 39 heavy (non-hydrogen) atoms. The monoisotopic (exact) mass is 540 g/mol. The molecule has 1 saturated heterocycles. The second kappa shape index (κ2) is 15.0. The molecular weight excluding hydrogens is 504 g/mol. The zero-order chi connectivity index (χ0) is 28.2. The first-order chi connectivity index (χ1) is 18.8. The fourth-order valence-electron chi connectivity index (χ4n) is 3.86. The maximum absolute atomic E-state index is 12.2. The fourth-order valence-corrected chi connectivity index (χ4v) is 3.86. The van der Waals surface area contributed by atoms with Crippen molar-refractivity contribution in [1.29, 1.82) is 0 Å². The molecule has 3 atom stereocenters. The SMILES string of the molecule is C=C(C)C(=O)OCCCCCCOc1ccc(-c2ccc(C3O[C@@H](C(=O)O)[C@H](C(=O)OCCC)O3)cc2)cc1. The summed E-state index contributed by atoms with van der Waals surface area (Å²) in [5.41, 5.74) is 2.95. The van der Waals surface area contributed by atoms with Gasteiger partial charge in [0.05, 0.1) is 19.8 Å². The number of carbonyl (C=O) groups is 3. The number of carboxylic acids is 1. The molecule has 0 bridgehead atoms. The maximum atomic E-state index is 12.2. The van der Waals surface area contributed by atoms with E-state index in [0.29, 0.717) is 30.8 Å². The summed E-state index contributed by atoms with van der Waals surface area (Å²) in [6.07, 6.45) is 0.543. The minimum absolute atomic E-state index is 0.185. The number of benzene rings is 2. The molecule has 1 heterocycles. The Balaban J connectivity index is 1.44. The lowest BCUT2D eigenvalue weighted by atomic mass is 10.0. The molecule has 0 aromatic heterocycles. The van der Waals surface area contributed by atoms with Crippen molar-refractivity contribution >= 4 is 17.9 Å². The molecule has 2 aromatic carbocycles. The highest BCUT2D eigenvalue weighted by molar-refractivity contribution is 5.87. The van der Waals surface area contributed by atoms with E-state index in [0.717, 1.165) is 42.6 Å². The van der Waals surface area contributed by atoms with E-state index in [1.54, 1.807) is 19.1 Å². The Kier molecular flexibility index (Phi) is 11.5. The second-order valence-electron chi connectivity index (χ2n) is 9.28. The van der Waals surface area contributed by atoms with Gasteiger partial charge in [0.15, 0.2) is 18.5 Å². The van der Waals surface area contributed by atoms with Crippen molar-refractivity contribution in [1.82, 2.24) is 0 Å². The first-order valence-corrected chi connectivity index (χ1v) is 13.2. The lowest BCUT2D eigenvalue weighted by molar-refractivity contribution is -0.160. The third-order valence-electron chi connectivity index (χ3n) is 6.00. The van der Waals surface area contributed by atoms with Gasteiger partial charge in [-0.2, -0.15) is 0 Å². The normalized spacial score (nSPS) is 18.4.